The van der Waals surface area contributed by atoms with Gasteiger partial charge in [-0.25, -0.2) is 4.98 Å². The molecular weight excluding hydrogens is 350 g/mol. The molecule has 0 radical (unpaired) electrons. The molecule has 0 atom stereocenters. The maximum atomic E-state index is 12.8. The van der Waals surface area contributed by atoms with Crippen LogP contribution in [0, 0.1) is 20.8 Å². The van der Waals surface area contributed by atoms with Crippen molar-refractivity contribution in [3.05, 3.63) is 56.4 Å². The number of carbonyl (C=O) groups is 2. The van der Waals surface area contributed by atoms with Crippen molar-refractivity contribution >= 4 is 38.9 Å². The van der Waals surface area contributed by atoms with Crippen LogP contribution in [0.3, 0.4) is 0 Å². The van der Waals surface area contributed by atoms with Crippen molar-refractivity contribution in [2.45, 2.75) is 34.2 Å². The number of hydrogen-bond donors (Lipinski definition) is 1. The molecule has 3 rings (SSSR count). The largest absolute Gasteiger partial charge is 0.325 e. The molecule has 0 aliphatic rings. The van der Waals surface area contributed by atoms with Gasteiger partial charge in [-0.05, 0) is 45.4 Å². The van der Waals surface area contributed by atoms with E-state index < -0.39 is 0 Å². The standard InChI is InChI=1S/C19H19N3O3S/c1-10-12(3)26-18-17(10)19(25)22(13(4)20-18)9-16(24)21-15-7-5-6-14(8-15)11(2)23/h5-8H,9H2,1-4H3,(H,21,24). The number of nitrogens with one attached hydrogen (secondary N) is 1. The van der Waals surface area contributed by atoms with Gasteiger partial charge in [-0.2, -0.15) is 0 Å². The molecule has 26 heavy (non-hydrogen) atoms. The van der Waals surface area contributed by atoms with Crippen LogP contribution in [-0.2, 0) is 11.3 Å². The first-order chi connectivity index (χ1) is 12.3. The monoisotopic (exact) mass is 369 g/mol. The lowest BCUT2D eigenvalue weighted by Crippen LogP contribution is -2.30. The fourth-order valence-electron chi connectivity index (χ4n) is 2.78. The lowest BCUT2D eigenvalue weighted by molar-refractivity contribution is -0.116. The van der Waals surface area contributed by atoms with Crippen LogP contribution in [0.2, 0.25) is 0 Å². The zero-order valence-corrected chi connectivity index (χ0v) is 15.9. The molecule has 0 spiro atoms. The average molecular weight is 369 g/mol. The van der Waals surface area contributed by atoms with Crippen molar-refractivity contribution < 1.29 is 9.59 Å². The second-order valence-corrected chi connectivity index (χ2v) is 7.40. The summed E-state index contributed by atoms with van der Waals surface area (Å²) < 4.78 is 1.38. The summed E-state index contributed by atoms with van der Waals surface area (Å²) in [6.07, 6.45) is 0. The second-order valence-electron chi connectivity index (χ2n) is 6.20. The third-order valence-electron chi connectivity index (χ3n) is 4.33. The fourth-order valence-corrected chi connectivity index (χ4v) is 3.84. The van der Waals surface area contributed by atoms with Gasteiger partial charge in [0.1, 0.15) is 17.2 Å². The number of Topliss-reactive ketones (excluding diaryl/α,β-unsaturated/α-hetero) is 1. The number of ketones is 1. The third-order valence-corrected chi connectivity index (χ3v) is 5.44. The van der Waals surface area contributed by atoms with Crippen LogP contribution in [0.4, 0.5) is 5.69 Å². The van der Waals surface area contributed by atoms with E-state index in [1.165, 1.54) is 22.8 Å². The summed E-state index contributed by atoms with van der Waals surface area (Å²) in [5.74, 6) is 0.0733. The van der Waals surface area contributed by atoms with Crippen molar-refractivity contribution in [2.24, 2.45) is 0 Å². The number of amides is 1. The summed E-state index contributed by atoms with van der Waals surface area (Å²) in [5, 5.41) is 3.31. The van der Waals surface area contributed by atoms with Gasteiger partial charge in [0.05, 0.1) is 5.39 Å². The molecule has 1 amide bonds. The molecule has 0 saturated carbocycles. The Morgan fingerprint density at radius 3 is 2.65 bits per heavy atom. The van der Waals surface area contributed by atoms with Crippen LogP contribution in [0.25, 0.3) is 10.2 Å². The highest BCUT2D eigenvalue weighted by Crippen LogP contribution is 2.26. The van der Waals surface area contributed by atoms with Gasteiger partial charge < -0.3 is 5.32 Å². The summed E-state index contributed by atoms with van der Waals surface area (Å²) in [5.41, 5.74) is 1.74. The zero-order chi connectivity index (χ0) is 19.0. The van der Waals surface area contributed by atoms with Crippen LogP contribution in [-0.4, -0.2) is 21.2 Å². The molecule has 3 aromatic rings. The van der Waals surface area contributed by atoms with Gasteiger partial charge in [0.15, 0.2) is 5.78 Å². The number of aryl methyl sites for hydroxylation is 3. The van der Waals surface area contributed by atoms with Crippen LogP contribution in [0.1, 0.15) is 33.5 Å². The third kappa shape index (κ3) is 3.30. The Balaban J connectivity index is 1.90. The predicted molar refractivity (Wildman–Crippen MR) is 103 cm³/mol. The van der Waals surface area contributed by atoms with E-state index in [0.29, 0.717) is 27.3 Å². The topological polar surface area (TPSA) is 81.1 Å². The molecule has 0 aliphatic heterocycles. The van der Waals surface area contributed by atoms with Crippen molar-refractivity contribution in [3.63, 3.8) is 0 Å². The minimum Gasteiger partial charge on any atom is -0.325 e. The Morgan fingerprint density at radius 1 is 1.23 bits per heavy atom. The molecule has 2 heterocycles. The van der Waals surface area contributed by atoms with E-state index in [9.17, 15) is 14.4 Å². The molecule has 0 aliphatic carbocycles. The molecule has 0 fully saturated rings. The molecule has 2 aromatic heterocycles. The lowest BCUT2D eigenvalue weighted by Gasteiger charge is -2.11. The van der Waals surface area contributed by atoms with Gasteiger partial charge in [-0.1, -0.05) is 12.1 Å². The average Bonchev–Trinajstić information content (AvgIpc) is 2.86. The van der Waals surface area contributed by atoms with Gasteiger partial charge >= 0.3 is 0 Å². The lowest BCUT2D eigenvalue weighted by atomic mass is 10.1. The number of benzene rings is 1. The van der Waals surface area contributed by atoms with Crippen LogP contribution >= 0.6 is 11.3 Å². The predicted octanol–water partition coefficient (Wildman–Crippen LogP) is 3.22. The Morgan fingerprint density at radius 2 is 1.96 bits per heavy atom. The van der Waals surface area contributed by atoms with E-state index in [-0.39, 0.29) is 23.8 Å². The Bertz CT molecular complexity index is 1100. The molecule has 7 heteroatoms. The number of anilines is 1. The van der Waals surface area contributed by atoms with Crippen LogP contribution in [0.15, 0.2) is 29.1 Å². The Kier molecular flexibility index (Phi) is 4.73. The first-order valence-corrected chi connectivity index (χ1v) is 8.97. The van der Waals surface area contributed by atoms with E-state index in [2.05, 4.69) is 10.3 Å². The minimum absolute atomic E-state index is 0.0777. The van der Waals surface area contributed by atoms with Crippen LogP contribution < -0.4 is 10.9 Å². The molecular formula is C19H19N3O3S. The molecule has 6 nitrogen and oxygen atoms in total. The highest BCUT2D eigenvalue weighted by molar-refractivity contribution is 7.18. The SMILES string of the molecule is CC(=O)c1cccc(NC(=O)Cn2c(C)nc3sc(C)c(C)c3c2=O)c1. The van der Waals surface area contributed by atoms with Crippen molar-refractivity contribution in [1.29, 1.82) is 0 Å². The van der Waals surface area contributed by atoms with E-state index >= 15 is 0 Å². The van der Waals surface area contributed by atoms with Crippen molar-refractivity contribution in [3.8, 4) is 0 Å². The second kappa shape index (κ2) is 6.84. The Hall–Kier alpha value is -2.80. The summed E-state index contributed by atoms with van der Waals surface area (Å²) in [7, 11) is 0. The summed E-state index contributed by atoms with van der Waals surface area (Å²) in [6.45, 7) is 6.90. The fraction of sp³-hybridized carbons (Fsp3) is 0.263. The smallest absolute Gasteiger partial charge is 0.263 e. The van der Waals surface area contributed by atoms with Crippen LogP contribution in [0.5, 0.6) is 0 Å². The van der Waals surface area contributed by atoms with Gasteiger partial charge in [0, 0.05) is 16.1 Å². The van der Waals surface area contributed by atoms with Crippen molar-refractivity contribution in [1.82, 2.24) is 9.55 Å². The summed E-state index contributed by atoms with van der Waals surface area (Å²) >= 11 is 1.48. The molecule has 1 aromatic carbocycles. The minimum atomic E-state index is -0.346. The maximum absolute atomic E-state index is 12.8. The highest BCUT2D eigenvalue weighted by Gasteiger charge is 2.16. The summed E-state index contributed by atoms with van der Waals surface area (Å²) in [6, 6.07) is 6.71. The first kappa shape index (κ1) is 18.0. The normalized spacial score (nSPS) is 10.9. The van der Waals surface area contributed by atoms with E-state index in [0.717, 1.165) is 10.4 Å². The number of fused-ring (bicyclic) bond motifs is 1. The van der Waals surface area contributed by atoms with E-state index in [4.69, 9.17) is 0 Å². The van der Waals surface area contributed by atoms with Gasteiger partial charge in [0.25, 0.3) is 5.56 Å². The maximum Gasteiger partial charge on any atom is 0.263 e. The molecule has 0 bridgehead atoms. The van der Waals surface area contributed by atoms with E-state index in [1.54, 1.807) is 31.2 Å². The molecule has 0 unspecified atom stereocenters. The van der Waals surface area contributed by atoms with Crippen molar-refractivity contribution in [2.75, 3.05) is 5.32 Å². The summed E-state index contributed by atoms with van der Waals surface area (Å²) in [4.78, 5) is 42.9. The molecule has 1 N–H and O–H groups in total. The number of thiophene rings is 1. The number of carbonyl (C=O) groups excluding carboxylic acids is 2. The Labute approximate surface area is 154 Å². The van der Waals surface area contributed by atoms with E-state index in [1.807, 2.05) is 13.8 Å². The van der Waals surface area contributed by atoms with Gasteiger partial charge in [-0.15, -0.1) is 11.3 Å². The number of rotatable bonds is 4. The zero-order valence-electron chi connectivity index (χ0n) is 15.0. The molecule has 134 valence electrons. The number of hydrogen-bond acceptors (Lipinski definition) is 5. The van der Waals surface area contributed by atoms with Gasteiger partial charge in [0.2, 0.25) is 5.91 Å². The quantitative estimate of drug-likeness (QED) is 0.716. The number of nitrogens with zero attached hydrogens (tertiary/aromatic N) is 2. The van der Waals surface area contributed by atoms with Gasteiger partial charge in [-0.3, -0.25) is 19.0 Å². The first-order valence-electron chi connectivity index (χ1n) is 8.16. The number of aromatic nitrogens is 2. The molecule has 0 saturated heterocycles. The highest BCUT2D eigenvalue weighted by atomic mass is 32.1.